The number of hydrogen-bond donors (Lipinski definition) is 0. The van der Waals surface area contributed by atoms with Gasteiger partial charge in [-0.2, -0.15) is 10.2 Å². The van der Waals surface area contributed by atoms with Crippen molar-refractivity contribution >= 4 is 0 Å². The maximum Gasteiger partial charge on any atom is 0.258 e. The van der Waals surface area contributed by atoms with Crippen molar-refractivity contribution < 1.29 is 4.52 Å². The second kappa shape index (κ2) is 5.36. The van der Waals surface area contributed by atoms with Crippen LogP contribution in [-0.4, -0.2) is 10.1 Å². The second-order valence-corrected chi connectivity index (χ2v) is 5.93. The summed E-state index contributed by atoms with van der Waals surface area (Å²) in [6, 6.07) is 15.6. The highest BCUT2D eigenvalue weighted by molar-refractivity contribution is 5.66. The summed E-state index contributed by atoms with van der Waals surface area (Å²) < 4.78 is 5.42. The van der Waals surface area contributed by atoms with Crippen LogP contribution in [0.25, 0.3) is 22.8 Å². The minimum atomic E-state index is 0.445. The summed E-state index contributed by atoms with van der Waals surface area (Å²) in [6.45, 7) is 2.25. The van der Waals surface area contributed by atoms with Crippen LogP contribution in [0.2, 0.25) is 0 Å². The maximum atomic E-state index is 9.01. The zero-order valence-electron chi connectivity index (χ0n) is 12.8. The van der Waals surface area contributed by atoms with E-state index in [9.17, 15) is 0 Å². The highest BCUT2D eigenvalue weighted by atomic mass is 16.5. The van der Waals surface area contributed by atoms with Crippen LogP contribution < -0.4 is 0 Å². The van der Waals surface area contributed by atoms with Gasteiger partial charge in [-0.1, -0.05) is 36.3 Å². The van der Waals surface area contributed by atoms with E-state index in [0.29, 0.717) is 23.2 Å². The van der Waals surface area contributed by atoms with E-state index in [4.69, 9.17) is 9.78 Å². The fourth-order valence-corrected chi connectivity index (χ4v) is 3.24. The number of hydrogen-bond acceptors (Lipinski definition) is 4. The molecule has 1 aromatic heterocycles. The van der Waals surface area contributed by atoms with Gasteiger partial charge in [0.25, 0.3) is 5.89 Å². The van der Waals surface area contributed by atoms with Crippen molar-refractivity contribution in [3.8, 4) is 28.9 Å². The molecule has 0 fully saturated rings. The first-order valence-corrected chi connectivity index (χ1v) is 7.72. The van der Waals surface area contributed by atoms with Gasteiger partial charge in [0.15, 0.2) is 0 Å². The highest BCUT2D eigenvalue weighted by Crippen LogP contribution is 2.38. The molecule has 4 nitrogen and oxygen atoms in total. The minimum absolute atomic E-state index is 0.445. The molecule has 0 saturated carbocycles. The van der Waals surface area contributed by atoms with Gasteiger partial charge in [0.2, 0.25) is 5.82 Å². The summed E-state index contributed by atoms with van der Waals surface area (Å²) in [5, 5.41) is 13.2. The average Bonchev–Trinajstić information content (AvgIpc) is 3.22. The Labute approximate surface area is 134 Å². The van der Waals surface area contributed by atoms with Gasteiger partial charge in [0.1, 0.15) is 0 Å². The van der Waals surface area contributed by atoms with Gasteiger partial charge in [-0.25, -0.2) is 0 Å². The molecule has 1 aliphatic rings. The third-order valence-electron chi connectivity index (χ3n) is 4.48. The van der Waals surface area contributed by atoms with E-state index in [1.54, 1.807) is 12.1 Å². The van der Waals surface area contributed by atoms with E-state index < -0.39 is 0 Å². The molecule has 1 aliphatic carbocycles. The van der Waals surface area contributed by atoms with Gasteiger partial charge in [-0.05, 0) is 48.1 Å². The smallest absolute Gasteiger partial charge is 0.258 e. The molecule has 0 aliphatic heterocycles. The Bertz CT molecular complexity index is 920. The Morgan fingerprint density at radius 3 is 2.96 bits per heavy atom. The van der Waals surface area contributed by atoms with E-state index >= 15 is 0 Å². The van der Waals surface area contributed by atoms with E-state index in [2.05, 4.69) is 41.3 Å². The summed E-state index contributed by atoms with van der Waals surface area (Å²) >= 11 is 0. The molecule has 23 heavy (non-hydrogen) atoms. The van der Waals surface area contributed by atoms with Crippen LogP contribution in [0.4, 0.5) is 0 Å². The van der Waals surface area contributed by atoms with Crippen molar-refractivity contribution in [2.75, 3.05) is 0 Å². The van der Waals surface area contributed by atoms with Crippen molar-refractivity contribution in [2.24, 2.45) is 0 Å². The second-order valence-electron chi connectivity index (χ2n) is 5.93. The summed E-state index contributed by atoms with van der Waals surface area (Å²) in [7, 11) is 0. The van der Waals surface area contributed by atoms with Crippen molar-refractivity contribution in [3.63, 3.8) is 0 Å². The largest absolute Gasteiger partial charge is 0.334 e. The van der Waals surface area contributed by atoms with Crippen molar-refractivity contribution in [3.05, 3.63) is 59.2 Å². The lowest BCUT2D eigenvalue weighted by Gasteiger charge is -2.06. The Kier molecular flexibility index (Phi) is 3.20. The fourth-order valence-electron chi connectivity index (χ4n) is 3.24. The molecule has 0 unspecified atom stereocenters. The number of fused-ring (bicyclic) bond motifs is 1. The first-order chi connectivity index (χ1) is 11.3. The van der Waals surface area contributed by atoms with Crippen molar-refractivity contribution in [1.82, 2.24) is 10.1 Å². The first-order valence-electron chi connectivity index (χ1n) is 7.72. The molecule has 0 bridgehead atoms. The molecule has 4 heteroatoms. The van der Waals surface area contributed by atoms with E-state index in [-0.39, 0.29) is 0 Å². The molecule has 112 valence electrons. The molecule has 4 rings (SSSR count). The molecule has 0 radical (unpaired) electrons. The van der Waals surface area contributed by atoms with Crippen LogP contribution >= 0.6 is 0 Å². The summed E-state index contributed by atoms with van der Waals surface area (Å²) in [4.78, 5) is 4.54. The Balaban J connectivity index is 1.76. The fraction of sp³-hybridized carbons (Fsp3) is 0.211. The average molecular weight is 301 g/mol. The molecule has 1 heterocycles. The lowest BCUT2D eigenvalue weighted by molar-refractivity contribution is 0.432. The Morgan fingerprint density at radius 2 is 2.09 bits per heavy atom. The SMILES string of the molecule is C[C@@H]1CCc2c(-c3noc(-c4cccc(C#N)c4)n3)cccc21. The zero-order chi connectivity index (χ0) is 15.8. The molecule has 0 saturated heterocycles. The van der Waals surface area contributed by atoms with Crippen molar-refractivity contribution in [2.45, 2.75) is 25.7 Å². The van der Waals surface area contributed by atoms with Crippen molar-refractivity contribution in [1.29, 1.82) is 5.26 Å². The molecule has 2 aromatic carbocycles. The molecular weight excluding hydrogens is 286 g/mol. The standard InChI is InChI=1S/C19H15N3O/c1-12-8-9-16-15(12)6-3-7-17(16)18-21-19(23-22-18)14-5-2-4-13(10-14)11-20/h2-7,10,12H,8-9H2,1H3/t12-/m1/s1. The lowest BCUT2D eigenvalue weighted by atomic mass is 9.99. The van der Waals surface area contributed by atoms with Gasteiger partial charge < -0.3 is 4.52 Å². The summed E-state index contributed by atoms with van der Waals surface area (Å²) in [5.41, 5.74) is 5.12. The predicted octanol–water partition coefficient (Wildman–Crippen LogP) is 4.32. The van der Waals surface area contributed by atoms with Crippen LogP contribution in [0.15, 0.2) is 47.0 Å². The molecule has 0 spiro atoms. The topological polar surface area (TPSA) is 62.7 Å². The van der Waals surface area contributed by atoms with Crippen LogP contribution in [0, 0.1) is 11.3 Å². The summed E-state index contributed by atoms with van der Waals surface area (Å²) in [6.07, 6.45) is 2.22. The van der Waals surface area contributed by atoms with Gasteiger partial charge in [0.05, 0.1) is 11.6 Å². The predicted molar refractivity (Wildman–Crippen MR) is 86.6 cm³/mol. The number of aromatic nitrogens is 2. The normalized spacial score (nSPS) is 16.1. The quantitative estimate of drug-likeness (QED) is 0.707. The minimum Gasteiger partial charge on any atom is -0.334 e. The number of rotatable bonds is 2. The van der Waals surface area contributed by atoms with E-state index in [0.717, 1.165) is 17.5 Å². The first kappa shape index (κ1) is 13.7. The molecule has 1 atom stereocenters. The van der Waals surface area contributed by atoms with Gasteiger partial charge in [-0.15, -0.1) is 0 Å². The van der Waals surface area contributed by atoms with Crippen LogP contribution in [0.5, 0.6) is 0 Å². The van der Waals surface area contributed by atoms with Gasteiger partial charge >= 0.3 is 0 Å². The third-order valence-corrected chi connectivity index (χ3v) is 4.48. The van der Waals surface area contributed by atoms with Gasteiger partial charge in [0, 0.05) is 11.1 Å². The number of benzene rings is 2. The summed E-state index contributed by atoms with van der Waals surface area (Å²) in [5.74, 6) is 1.65. The maximum absolute atomic E-state index is 9.01. The Hall–Kier alpha value is -2.93. The lowest BCUT2D eigenvalue weighted by Crippen LogP contribution is -1.91. The zero-order valence-corrected chi connectivity index (χ0v) is 12.8. The van der Waals surface area contributed by atoms with Gasteiger partial charge in [-0.3, -0.25) is 0 Å². The number of nitrogens with zero attached hydrogens (tertiary/aromatic N) is 3. The monoisotopic (exact) mass is 301 g/mol. The van der Waals surface area contributed by atoms with Crippen LogP contribution in [-0.2, 0) is 6.42 Å². The van der Waals surface area contributed by atoms with Crippen LogP contribution in [0.1, 0.15) is 36.0 Å². The van der Waals surface area contributed by atoms with E-state index in [1.165, 1.54) is 17.5 Å². The highest BCUT2D eigenvalue weighted by Gasteiger charge is 2.23. The molecule has 3 aromatic rings. The molecular formula is C19H15N3O. The van der Waals surface area contributed by atoms with E-state index in [1.807, 2.05) is 12.1 Å². The third kappa shape index (κ3) is 2.31. The van der Waals surface area contributed by atoms with Crippen LogP contribution in [0.3, 0.4) is 0 Å². The molecule has 0 N–H and O–H groups in total. The molecule has 0 amide bonds. The Morgan fingerprint density at radius 1 is 1.22 bits per heavy atom. The number of nitriles is 1.